The summed E-state index contributed by atoms with van der Waals surface area (Å²) in [7, 11) is 0. The summed E-state index contributed by atoms with van der Waals surface area (Å²) in [6.07, 6.45) is 5.16. The molecule has 0 aromatic heterocycles. The number of hydrogen-bond donors (Lipinski definition) is 2. The molecule has 1 aromatic carbocycles. The average molecular weight is 367 g/mol. The van der Waals surface area contributed by atoms with Crippen LogP contribution in [0.2, 0.25) is 0 Å². The Balaban J connectivity index is 0.00000225. The molecule has 1 aromatic rings. The van der Waals surface area contributed by atoms with Gasteiger partial charge in [0.1, 0.15) is 0 Å². The molecule has 3 unspecified atom stereocenters. The zero-order valence-corrected chi connectivity index (χ0v) is 15.9. The molecule has 1 amide bonds. The molecular formula is C20H31ClN2O2. The van der Waals surface area contributed by atoms with Crippen LogP contribution < -0.4 is 10.6 Å². The van der Waals surface area contributed by atoms with Gasteiger partial charge in [0.25, 0.3) is 0 Å². The molecule has 2 heterocycles. The SMILES string of the molecule is Cc1ccc(C2OCCCC2CNC(=O)CCC2CCNC2)cc1.Cl. The Morgan fingerprint density at radius 3 is 2.80 bits per heavy atom. The number of aryl methyl sites for hydroxylation is 1. The van der Waals surface area contributed by atoms with Gasteiger partial charge in [-0.2, -0.15) is 0 Å². The fraction of sp³-hybridized carbons (Fsp3) is 0.650. The number of carbonyl (C=O) groups excluding carboxylic acids is 1. The zero-order chi connectivity index (χ0) is 16.8. The van der Waals surface area contributed by atoms with E-state index >= 15 is 0 Å². The highest BCUT2D eigenvalue weighted by molar-refractivity contribution is 5.85. The lowest BCUT2D eigenvalue weighted by molar-refractivity contribution is -0.122. The fourth-order valence-corrected chi connectivity index (χ4v) is 3.81. The Morgan fingerprint density at radius 1 is 1.28 bits per heavy atom. The monoisotopic (exact) mass is 366 g/mol. The number of rotatable bonds is 6. The molecule has 0 radical (unpaired) electrons. The van der Waals surface area contributed by atoms with Crippen LogP contribution in [0.15, 0.2) is 24.3 Å². The molecule has 2 aliphatic heterocycles. The van der Waals surface area contributed by atoms with Crippen LogP contribution in [0.1, 0.15) is 49.3 Å². The van der Waals surface area contributed by atoms with Gasteiger partial charge in [0.05, 0.1) is 6.10 Å². The number of nitrogens with one attached hydrogen (secondary N) is 2. The largest absolute Gasteiger partial charge is 0.373 e. The number of halogens is 1. The quantitative estimate of drug-likeness (QED) is 0.811. The summed E-state index contributed by atoms with van der Waals surface area (Å²) in [5.41, 5.74) is 2.50. The molecule has 2 N–H and O–H groups in total. The van der Waals surface area contributed by atoms with Crippen molar-refractivity contribution in [3.63, 3.8) is 0 Å². The van der Waals surface area contributed by atoms with Gasteiger partial charge in [0.2, 0.25) is 5.91 Å². The van der Waals surface area contributed by atoms with Crippen LogP contribution in [0.5, 0.6) is 0 Å². The summed E-state index contributed by atoms with van der Waals surface area (Å²) in [6.45, 7) is 5.81. The minimum atomic E-state index is 0. The van der Waals surface area contributed by atoms with Crippen molar-refractivity contribution in [3.05, 3.63) is 35.4 Å². The number of hydrogen-bond acceptors (Lipinski definition) is 3. The van der Waals surface area contributed by atoms with E-state index in [1.165, 1.54) is 17.5 Å². The molecule has 25 heavy (non-hydrogen) atoms. The van der Waals surface area contributed by atoms with Crippen LogP contribution >= 0.6 is 12.4 Å². The minimum Gasteiger partial charge on any atom is -0.373 e. The summed E-state index contributed by atoms with van der Waals surface area (Å²) in [6, 6.07) is 8.59. The summed E-state index contributed by atoms with van der Waals surface area (Å²) < 4.78 is 6.03. The van der Waals surface area contributed by atoms with Gasteiger partial charge in [-0.05, 0) is 57.2 Å². The van der Waals surface area contributed by atoms with E-state index in [0.717, 1.165) is 45.5 Å². The van der Waals surface area contributed by atoms with Crippen molar-refractivity contribution in [1.82, 2.24) is 10.6 Å². The van der Waals surface area contributed by atoms with Crippen molar-refractivity contribution < 1.29 is 9.53 Å². The summed E-state index contributed by atoms with van der Waals surface area (Å²) in [4.78, 5) is 12.2. The Bertz CT molecular complexity index is 529. The summed E-state index contributed by atoms with van der Waals surface area (Å²) in [5, 5.41) is 6.51. The van der Waals surface area contributed by atoms with Gasteiger partial charge in [-0.1, -0.05) is 29.8 Å². The van der Waals surface area contributed by atoms with E-state index in [4.69, 9.17) is 4.74 Å². The molecule has 140 valence electrons. The van der Waals surface area contributed by atoms with Crippen molar-refractivity contribution in [2.24, 2.45) is 11.8 Å². The van der Waals surface area contributed by atoms with Crippen molar-refractivity contribution in [2.45, 2.75) is 45.1 Å². The molecule has 2 saturated heterocycles. The standard InChI is InChI=1S/C20H30N2O2.ClH/c1-15-4-7-17(8-5-15)20-18(3-2-12-24-20)14-22-19(23)9-6-16-10-11-21-13-16;/h4-5,7-8,16,18,20-21H,2-3,6,9-14H2,1H3,(H,22,23);1H. The van der Waals surface area contributed by atoms with Gasteiger partial charge >= 0.3 is 0 Å². The van der Waals surface area contributed by atoms with Crippen molar-refractivity contribution >= 4 is 18.3 Å². The van der Waals surface area contributed by atoms with Gasteiger partial charge in [0, 0.05) is 25.5 Å². The van der Waals surface area contributed by atoms with Gasteiger partial charge in [-0.3, -0.25) is 4.79 Å². The molecule has 0 aliphatic carbocycles. The molecule has 0 saturated carbocycles. The Labute approximate surface area is 157 Å². The van der Waals surface area contributed by atoms with E-state index in [-0.39, 0.29) is 24.4 Å². The van der Waals surface area contributed by atoms with E-state index in [1.54, 1.807) is 0 Å². The van der Waals surface area contributed by atoms with Crippen molar-refractivity contribution in [3.8, 4) is 0 Å². The highest BCUT2D eigenvalue weighted by Gasteiger charge is 2.27. The first-order valence-corrected chi connectivity index (χ1v) is 9.38. The fourth-order valence-electron chi connectivity index (χ4n) is 3.81. The first-order valence-electron chi connectivity index (χ1n) is 9.38. The molecule has 0 bridgehead atoms. The first kappa shape index (κ1) is 20.2. The minimum absolute atomic E-state index is 0. The van der Waals surface area contributed by atoms with Gasteiger partial charge in [-0.15, -0.1) is 12.4 Å². The molecule has 0 spiro atoms. The third-order valence-corrected chi connectivity index (χ3v) is 5.35. The molecule has 5 heteroatoms. The lowest BCUT2D eigenvalue weighted by Gasteiger charge is -2.32. The maximum Gasteiger partial charge on any atom is 0.220 e. The van der Waals surface area contributed by atoms with E-state index in [0.29, 0.717) is 18.3 Å². The summed E-state index contributed by atoms with van der Waals surface area (Å²) >= 11 is 0. The molecule has 3 rings (SSSR count). The van der Waals surface area contributed by atoms with Crippen LogP contribution in [0.25, 0.3) is 0 Å². The highest BCUT2D eigenvalue weighted by Crippen LogP contribution is 2.33. The van der Waals surface area contributed by atoms with E-state index in [1.807, 2.05) is 0 Å². The van der Waals surface area contributed by atoms with Crippen molar-refractivity contribution in [1.29, 1.82) is 0 Å². The molecule has 2 fully saturated rings. The number of ether oxygens (including phenoxy) is 1. The molecule has 2 aliphatic rings. The van der Waals surface area contributed by atoms with Crippen LogP contribution in [-0.4, -0.2) is 32.1 Å². The Morgan fingerprint density at radius 2 is 2.08 bits per heavy atom. The smallest absolute Gasteiger partial charge is 0.220 e. The van der Waals surface area contributed by atoms with Crippen molar-refractivity contribution in [2.75, 3.05) is 26.2 Å². The number of carbonyl (C=O) groups is 1. The number of amides is 1. The van der Waals surface area contributed by atoms with Gasteiger partial charge in [0.15, 0.2) is 0 Å². The van der Waals surface area contributed by atoms with Gasteiger partial charge < -0.3 is 15.4 Å². The second-order valence-corrected chi connectivity index (χ2v) is 7.31. The lowest BCUT2D eigenvalue weighted by atomic mass is 9.89. The highest BCUT2D eigenvalue weighted by atomic mass is 35.5. The van der Waals surface area contributed by atoms with Crippen LogP contribution in [-0.2, 0) is 9.53 Å². The summed E-state index contributed by atoms with van der Waals surface area (Å²) in [5.74, 6) is 1.24. The molecule has 4 nitrogen and oxygen atoms in total. The molecule has 3 atom stereocenters. The topological polar surface area (TPSA) is 50.4 Å². The average Bonchev–Trinajstić information content (AvgIpc) is 3.13. The van der Waals surface area contributed by atoms with Gasteiger partial charge in [-0.25, -0.2) is 0 Å². The van der Waals surface area contributed by atoms with E-state index in [2.05, 4.69) is 41.8 Å². The third-order valence-electron chi connectivity index (χ3n) is 5.35. The van der Waals surface area contributed by atoms with Crippen LogP contribution in [0.4, 0.5) is 0 Å². The van der Waals surface area contributed by atoms with E-state index in [9.17, 15) is 4.79 Å². The third kappa shape index (κ3) is 5.98. The van der Waals surface area contributed by atoms with Crippen LogP contribution in [0, 0.1) is 18.8 Å². The maximum absolute atomic E-state index is 12.2. The first-order chi connectivity index (χ1) is 11.7. The Hall–Kier alpha value is -1.10. The Kier molecular flexibility index (Phi) is 8.20. The van der Waals surface area contributed by atoms with E-state index < -0.39 is 0 Å². The maximum atomic E-state index is 12.2. The lowest BCUT2D eigenvalue weighted by Crippen LogP contribution is -2.35. The second kappa shape index (κ2) is 10.1. The molecular weight excluding hydrogens is 336 g/mol. The van der Waals surface area contributed by atoms with Crippen LogP contribution in [0.3, 0.4) is 0 Å². The predicted octanol–water partition coefficient (Wildman–Crippen LogP) is 3.39. The normalized spacial score (nSPS) is 26.0. The zero-order valence-electron chi connectivity index (χ0n) is 15.1. The second-order valence-electron chi connectivity index (χ2n) is 7.31. The predicted molar refractivity (Wildman–Crippen MR) is 103 cm³/mol. The number of benzene rings is 1.